The zero-order chi connectivity index (χ0) is 22.6. The van der Waals surface area contributed by atoms with Gasteiger partial charge in [0.15, 0.2) is 0 Å². The molecule has 31 heavy (non-hydrogen) atoms. The summed E-state index contributed by atoms with van der Waals surface area (Å²) in [6.07, 6.45) is -0.557. The van der Waals surface area contributed by atoms with E-state index in [0.29, 0.717) is 0 Å². The number of benzene rings is 2. The molecular weight excluding hydrogens is 400 g/mol. The van der Waals surface area contributed by atoms with Crippen molar-refractivity contribution in [2.75, 3.05) is 6.54 Å². The summed E-state index contributed by atoms with van der Waals surface area (Å²) in [5.74, 6) is -1.84. The smallest absolute Gasteiger partial charge is 0.408 e. The summed E-state index contributed by atoms with van der Waals surface area (Å²) in [6.45, 7) is 1.12. The third kappa shape index (κ3) is 8.57. The molecule has 2 atom stereocenters. The highest BCUT2D eigenvalue weighted by Gasteiger charge is 2.23. The monoisotopic (exact) mass is 426 g/mol. The van der Waals surface area contributed by atoms with Crippen molar-refractivity contribution in [2.45, 2.75) is 32.0 Å². The zero-order valence-corrected chi connectivity index (χ0v) is 17.2. The van der Waals surface area contributed by atoms with E-state index in [9.17, 15) is 19.2 Å². The molecule has 0 unspecified atom stereocenters. The van der Waals surface area contributed by atoms with E-state index in [2.05, 4.69) is 16.0 Å². The van der Waals surface area contributed by atoms with E-state index in [1.165, 1.54) is 6.92 Å². The summed E-state index contributed by atoms with van der Waals surface area (Å²) in [5, 5.41) is 7.35. The van der Waals surface area contributed by atoms with Gasteiger partial charge in [-0.05, 0) is 18.1 Å². The van der Waals surface area contributed by atoms with Gasteiger partial charge in [0, 0.05) is 6.42 Å². The van der Waals surface area contributed by atoms with E-state index in [1.807, 2.05) is 60.7 Å². The third-order valence-corrected chi connectivity index (χ3v) is 4.33. The first-order chi connectivity index (χ1) is 14.8. The van der Waals surface area contributed by atoms with Crippen LogP contribution in [0.4, 0.5) is 4.79 Å². The molecule has 0 aliphatic rings. The lowest BCUT2D eigenvalue weighted by Gasteiger charge is -2.19. The van der Waals surface area contributed by atoms with E-state index in [4.69, 9.17) is 10.5 Å². The second-order valence-electron chi connectivity index (χ2n) is 6.86. The fourth-order valence-electron chi connectivity index (χ4n) is 2.62. The molecule has 0 saturated carbocycles. The van der Waals surface area contributed by atoms with Gasteiger partial charge in [0.05, 0.1) is 6.54 Å². The third-order valence-electron chi connectivity index (χ3n) is 4.33. The van der Waals surface area contributed by atoms with Crippen molar-refractivity contribution in [1.29, 1.82) is 0 Å². The summed E-state index contributed by atoms with van der Waals surface area (Å²) in [6, 6.07) is 16.4. The van der Waals surface area contributed by atoms with Gasteiger partial charge in [-0.15, -0.1) is 0 Å². The summed E-state index contributed by atoms with van der Waals surface area (Å²) < 4.78 is 5.19. The van der Waals surface area contributed by atoms with Crippen LogP contribution >= 0.6 is 0 Å². The van der Waals surface area contributed by atoms with Gasteiger partial charge >= 0.3 is 6.09 Å². The Balaban J connectivity index is 1.95. The molecule has 0 bridgehead atoms. The van der Waals surface area contributed by atoms with Crippen LogP contribution in [-0.4, -0.2) is 42.4 Å². The minimum absolute atomic E-state index is 0.0553. The maximum atomic E-state index is 12.6. The zero-order valence-electron chi connectivity index (χ0n) is 17.2. The number of rotatable bonds is 10. The Bertz CT molecular complexity index is 889. The highest BCUT2D eigenvalue weighted by molar-refractivity contribution is 5.91. The van der Waals surface area contributed by atoms with Gasteiger partial charge in [0.1, 0.15) is 18.7 Å². The standard InChI is InChI=1S/C22H26N4O5/c1-15(20(23)28)25-19(27)13-24-21(29)18(12-16-8-4-2-5-9-16)26-22(30)31-14-17-10-6-3-7-11-17/h2-11,15,18H,12-14H2,1H3,(H2,23,28)(H,24,29)(H,25,27)(H,26,30)/t15-,18+/m1/s1. The second-order valence-corrected chi connectivity index (χ2v) is 6.86. The number of alkyl carbamates (subject to hydrolysis) is 1. The van der Waals surface area contributed by atoms with Gasteiger partial charge in [0.2, 0.25) is 17.7 Å². The molecule has 9 nitrogen and oxygen atoms in total. The number of hydrogen-bond acceptors (Lipinski definition) is 5. The fraction of sp³-hybridized carbons (Fsp3) is 0.273. The van der Waals surface area contributed by atoms with Crippen LogP contribution in [0.2, 0.25) is 0 Å². The molecule has 0 aliphatic carbocycles. The number of hydrogen-bond donors (Lipinski definition) is 4. The molecule has 9 heteroatoms. The first-order valence-corrected chi connectivity index (χ1v) is 9.72. The average molecular weight is 426 g/mol. The Morgan fingerprint density at radius 1 is 0.903 bits per heavy atom. The van der Waals surface area contributed by atoms with Crippen molar-refractivity contribution in [2.24, 2.45) is 5.73 Å². The van der Waals surface area contributed by atoms with E-state index < -0.39 is 35.9 Å². The van der Waals surface area contributed by atoms with E-state index >= 15 is 0 Å². The highest BCUT2D eigenvalue weighted by atomic mass is 16.5. The molecule has 0 radical (unpaired) electrons. The van der Waals surface area contributed by atoms with Crippen LogP contribution in [0.15, 0.2) is 60.7 Å². The number of amides is 4. The normalized spacial score (nSPS) is 12.2. The minimum atomic E-state index is -0.966. The lowest BCUT2D eigenvalue weighted by atomic mass is 10.1. The maximum absolute atomic E-state index is 12.6. The van der Waals surface area contributed by atoms with Crippen molar-refractivity contribution in [3.8, 4) is 0 Å². The molecule has 0 heterocycles. The Kier molecular flexibility index (Phi) is 9.03. The van der Waals surface area contributed by atoms with Gasteiger partial charge in [0.25, 0.3) is 0 Å². The van der Waals surface area contributed by atoms with Crippen LogP contribution in [0.25, 0.3) is 0 Å². The van der Waals surface area contributed by atoms with Crippen LogP contribution in [-0.2, 0) is 32.1 Å². The number of primary amides is 1. The molecule has 5 N–H and O–H groups in total. The van der Waals surface area contributed by atoms with Crippen LogP contribution in [0.1, 0.15) is 18.1 Å². The predicted molar refractivity (Wildman–Crippen MR) is 114 cm³/mol. The van der Waals surface area contributed by atoms with Crippen molar-refractivity contribution < 1.29 is 23.9 Å². The lowest BCUT2D eigenvalue weighted by Crippen LogP contribution is -2.51. The van der Waals surface area contributed by atoms with E-state index in [1.54, 1.807) is 0 Å². The van der Waals surface area contributed by atoms with Crippen LogP contribution in [0, 0.1) is 0 Å². The van der Waals surface area contributed by atoms with E-state index in [0.717, 1.165) is 11.1 Å². The molecule has 2 aromatic carbocycles. The molecule has 4 amide bonds. The van der Waals surface area contributed by atoms with Crippen molar-refractivity contribution in [3.63, 3.8) is 0 Å². The molecule has 0 aromatic heterocycles. The van der Waals surface area contributed by atoms with Gasteiger partial charge in [-0.1, -0.05) is 60.7 Å². The first kappa shape index (κ1) is 23.4. The highest BCUT2D eigenvalue weighted by Crippen LogP contribution is 2.05. The Hall–Kier alpha value is -3.88. The van der Waals surface area contributed by atoms with Gasteiger partial charge in [-0.2, -0.15) is 0 Å². The predicted octanol–water partition coefficient (Wildman–Crippen LogP) is 0.630. The number of carbonyl (C=O) groups excluding carboxylic acids is 4. The summed E-state index contributed by atoms with van der Waals surface area (Å²) >= 11 is 0. The minimum Gasteiger partial charge on any atom is -0.445 e. The molecule has 0 spiro atoms. The quantitative estimate of drug-likeness (QED) is 0.441. The molecule has 0 fully saturated rings. The number of nitrogens with two attached hydrogens (primary N) is 1. The second kappa shape index (κ2) is 12.0. The van der Waals surface area contributed by atoms with Gasteiger partial charge < -0.3 is 26.4 Å². The Morgan fingerprint density at radius 3 is 2.06 bits per heavy atom. The number of nitrogens with one attached hydrogen (secondary N) is 3. The molecule has 0 saturated heterocycles. The van der Waals surface area contributed by atoms with Gasteiger partial charge in [-0.25, -0.2) is 4.79 Å². The van der Waals surface area contributed by atoms with E-state index in [-0.39, 0.29) is 19.6 Å². The maximum Gasteiger partial charge on any atom is 0.408 e. The molecule has 2 rings (SSSR count). The van der Waals surface area contributed by atoms with Crippen LogP contribution < -0.4 is 21.7 Å². The van der Waals surface area contributed by atoms with Gasteiger partial charge in [-0.3, -0.25) is 14.4 Å². The molecule has 164 valence electrons. The Morgan fingerprint density at radius 2 is 1.48 bits per heavy atom. The first-order valence-electron chi connectivity index (χ1n) is 9.72. The van der Waals surface area contributed by atoms with Crippen molar-refractivity contribution in [3.05, 3.63) is 71.8 Å². The van der Waals surface area contributed by atoms with Crippen LogP contribution in [0.5, 0.6) is 0 Å². The van der Waals surface area contributed by atoms with Crippen LogP contribution in [0.3, 0.4) is 0 Å². The topological polar surface area (TPSA) is 140 Å². The summed E-state index contributed by atoms with van der Waals surface area (Å²) in [4.78, 5) is 47.8. The molecular formula is C22H26N4O5. The molecule has 2 aromatic rings. The van der Waals surface area contributed by atoms with Crippen molar-refractivity contribution >= 4 is 23.8 Å². The number of ether oxygens (including phenoxy) is 1. The largest absolute Gasteiger partial charge is 0.445 e. The summed E-state index contributed by atoms with van der Waals surface area (Å²) in [5.41, 5.74) is 6.72. The Labute approximate surface area is 180 Å². The fourth-order valence-corrected chi connectivity index (χ4v) is 2.62. The van der Waals surface area contributed by atoms with Crippen molar-refractivity contribution in [1.82, 2.24) is 16.0 Å². The SMILES string of the molecule is C[C@@H](NC(=O)CNC(=O)[C@H](Cc1ccccc1)NC(=O)OCc1ccccc1)C(N)=O. The number of carbonyl (C=O) groups is 4. The lowest BCUT2D eigenvalue weighted by molar-refractivity contribution is -0.129. The average Bonchev–Trinajstić information content (AvgIpc) is 2.77. The molecule has 0 aliphatic heterocycles. The summed E-state index contributed by atoms with van der Waals surface area (Å²) in [7, 11) is 0.